The molecular formula is C12H13ClF2Si. The van der Waals surface area contributed by atoms with E-state index >= 15 is 0 Å². The zero-order valence-corrected chi connectivity index (χ0v) is 11.2. The van der Waals surface area contributed by atoms with Crippen molar-refractivity contribution in [2.45, 2.75) is 25.2 Å². The van der Waals surface area contributed by atoms with Crippen molar-refractivity contribution in [2.75, 3.05) is 0 Å². The molecule has 0 nitrogen and oxygen atoms in total. The first-order valence-corrected chi connectivity index (χ1v) is 8.77. The molecule has 0 unspecified atom stereocenters. The minimum Gasteiger partial charge on any atom is -0.198 e. The highest BCUT2D eigenvalue weighted by atomic mass is 35.5. The molecule has 0 spiro atoms. The van der Waals surface area contributed by atoms with Gasteiger partial charge in [-0.05, 0) is 30.2 Å². The van der Waals surface area contributed by atoms with Gasteiger partial charge in [0, 0.05) is 10.6 Å². The number of rotatable bonds is 1. The van der Waals surface area contributed by atoms with Crippen molar-refractivity contribution in [2.24, 2.45) is 0 Å². The predicted octanol–water partition coefficient (Wildman–Crippen LogP) is 4.20. The van der Waals surface area contributed by atoms with Gasteiger partial charge in [0.25, 0.3) is 5.55 Å². The number of hydrogen-bond acceptors (Lipinski definition) is 0. The summed E-state index contributed by atoms with van der Waals surface area (Å²) in [5.74, 6) is 4.56. The summed E-state index contributed by atoms with van der Waals surface area (Å²) in [6.07, 6.45) is 0. The van der Waals surface area contributed by atoms with Crippen molar-refractivity contribution in [1.29, 1.82) is 0 Å². The lowest BCUT2D eigenvalue weighted by Crippen LogP contribution is -2.43. The van der Waals surface area contributed by atoms with Crippen LogP contribution in [0.3, 0.4) is 0 Å². The maximum atomic E-state index is 13.6. The summed E-state index contributed by atoms with van der Waals surface area (Å²) in [5.41, 5.74) is -2.31. The van der Waals surface area contributed by atoms with Gasteiger partial charge < -0.3 is 0 Å². The summed E-state index contributed by atoms with van der Waals surface area (Å²) >= 11 is 5.68. The zero-order valence-electron chi connectivity index (χ0n) is 9.44. The molecule has 0 fully saturated rings. The molecule has 0 atom stereocenters. The molecule has 0 aliphatic carbocycles. The van der Waals surface area contributed by atoms with E-state index in [0.29, 0.717) is 10.6 Å². The monoisotopic (exact) mass is 258 g/mol. The van der Waals surface area contributed by atoms with Crippen molar-refractivity contribution >= 4 is 19.7 Å². The van der Waals surface area contributed by atoms with Crippen molar-refractivity contribution in [3.05, 3.63) is 34.9 Å². The van der Waals surface area contributed by atoms with Crippen LogP contribution in [0, 0.1) is 11.8 Å². The Morgan fingerprint density at radius 1 is 1.12 bits per heavy atom. The van der Waals surface area contributed by atoms with E-state index in [2.05, 4.69) is 11.8 Å². The summed E-state index contributed by atoms with van der Waals surface area (Å²) in [5, 5.41) is 0.572. The van der Waals surface area contributed by atoms with Gasteiger partial charge in [0.1, 0.15) is 8.07 Å². The van der Waals surface area contributed by atoms with Gasteiger partial charge in [-0.3, -0.25) is 0 Å². The van der Waals surface area contributed by atoms with Crippen molar-refractivity contribution in [3.63, 3.8) is 0 Å². The van der Waals surface area contributed by atoms with Crippen LogP contribution in [-0.2, 0) is 0 Å². The molecule has 0 bridgehead atoms. The quantitative estimate of drug-likeness (QED) is 0.523. The molecule has 0 heterocycles. The Morgan fingerprint density at radius 3 is 2.06 bits per heavy atom. The van der Waals surface area contributed by atoms with Crippen LogP contribution in [0.1, 0.15) is 5.56 Å². The molecule has 0 aliphatic heterocycles. The molecule has 86 valence electrons. The first kappa shape index (κ1) is 13.2. The highest BCUT2D eigenvalue weighted by Crippen LogP contribution is 2.26. The Balaban J connectivity index is 2.94. The van der Waals surface area contributed by atoms with E-state index in [1.165, 1.54) is 0 Å². The molecule has 0 saturated heterocycles. The molecule has 0 aliphatic rings. The van der Waals surface area contributed by atoms with E-state index in [4.69, 9.17) is 11.6 Å². The Bertz CT molecular complexity index is 421. The molecule has 1 aromatic carbocycles. The van der Waals surface area contributed by atoms with Gasteiger partial charge in [0.2, 0.25) is 0 Å². The van der Waals surface area contributed by atoms with Gasteiger partial charge in [-0.2, -0.15) is 8.78 Å². The predicted molar refractivity (Wildman–Crippen MR) is 66.6 cm³/mol. The Morgan fingerprint density at radius 2 is 1.62 bits per heavy atom. The lowest BCUT2D eigenvalue weighted by atomic mass is 10.2. The largest absolute Gasteiger partial charge is 0.286 e. The van der Waals surface area contributed by atoms with Gasteiger partial charge >= 0.3 is 0 Å². The molecule has 4 heteroatoms. The van der Waals surface area contributed by atoms with Gasteiger partial charge in [-0.25, -0.2) is 0 Å². The van der Waals surface area contributed by atoms with E-state index in [1.54, 1.807) is 43.9 Å². The van der Waals surface area contributed by atoms with Crippen molar-refractivity contribution in [1.82, 2.24) is 0 Å². The SMILES string of the molecule is C[Si](C)(C)C(F)(F)C#Cc1ccc(Cl)cc1. The third kappa shape index (κ3) is 3.33. The Kier molecular flexibility index (Phi) is 3.77. The molecule has 0 N–H and O–H groups in total. The van der Waals surface area contributed by atoms with Crippen LogP contribution in [0.25, 0.3) is 0 Å². The molecule has 0 radical (unpaired) electrons. The van der Waals surface area contributed by atoms with Gasteiger partial charge in [-0.1, -0.05) is 37.2 Å². The van der Waals surface area contributed by atoms with Crippen LogP contribution in [0.15, 0.2) is 24.3 Å². The summed E-state index contributed by atoms with van der Waals surface area (Å²) < 4.78 is 27.1. The first-order chi connectivity index (χ1) is 7.22. The first-order valence-electron chi connectivity index (χ1n) is 4.89. The fraction of sp³-hybridized carbons (Fsp3) is 0.333. The second-order valence-corrected chi connectivity index (χ2v) is 10.1. The minimum atomic E-state index is -2.87. The molecule has 1 rings (SSSR count). The van der Waals surface area contributed by atoms with E-state index < -0.39 is 13.6 Å². The maximum Gasteiger partial charge on any atom is 0.286 e. The third-order valence-electron chi connectivity index (χ3n) is 2.15. The smallest absolute Gasteiger partial charge is 0.198 e. The van der Waals surface area contributed by atoms with E-state index in [9.17, 15) is 8.78 Å². The van der Waals surface area contributed by atoms with Crippen LogP contribution in [0.2, 0.25) is 24.7 Å². The van der Waals surface area contributed by atoms with Crippen LogP contribution >= 0.6 is 11.6 Å². The standard InChI is InChI=1S/C12H13ClF2Si/c1-16(2,3)12(14,15)9-8-10-4-6-11(13)7-5-10/h4-7H,1-3H3. The van der Waals surface area contributed by atoms with Gasteiger partial charge in [0.15, 0.2) is 0 Å². The minimum absolute atomic E-state index is 0.558. The van der Waals surface area contributed by atoms with E-state index in [0.717, 1.165) is 0 Å². The van der Waals surface area contributed by atoms with Crippen molar-refractivity contribution < 1.29 is 8.78 Å². The number of benzene rings is 1. The number of hydrogen-bond donors (Lipinski definition) is 0. The summed E-state index contributed by atoms with van der Waals surface area (Å²) in [7, 11) is -2.58. The van der Waals surface area contributed by atoms with Gasteiger partial charge in [0.05, 0.1) is 0 Å². The second-order valence-electron chi connectivity index (χ2n) is 4.58. The maximum absolute atomic E-state index is 13.6. The number of halogens is 3. The van der Waals surface area contributed by atoms with Gasteiger partial charge in [-0.15, -0.1) is 0 Å². The lowest BCUT2D eigenvalue weighted by molar-refractivity contribution is 0.149. The average Bonchev–Trinajstić information content (AvgIpc) is 2.15. The topological polar surface area (TPSA) is 0 Å². The van der Waals surface area contributed by atoms with Crippen LogP contribution in [0.4, 0.5) is 8.78 Å². The average molecular weight is 259 g/mol. The summed E-state index contributed by atoms with van der Waals surface area (Å²) in [4.78, 5) is 0. The summed E-state index contributed by atoms with van der Waals surface area (Å²) in [6, 6.07) is 6.54. The zero-order chi connectivity index (χ0) is 12.4. The van der Waals surface area contributed by atoms with Crippen LogP contribution in [0.5, 0.6) is 0 Å². The molecule has 0 aromatic heterocycles. The third-order valence-corrected chi connectivity index (χ3v) is 4.41. The molecule has 0 amide bonds. The Labute approximate surface area is 101 Å². The van der Waals surface area contributed by atoms with E-state index in [1.807, 2.05) is 0 Å². The Hall–Kier alpha value is -0.853. The lowest BCUT2D eigenvalue weighted by Gasteiger charge is -2.22. The molecular weight excluding hydrogens is 246 g/mol. The second kappa shape index (κ2) is 4.56. The molecule has 0 saturated carbocycles. The van der Waals surface area contributed by atoms with Crippen molar-refractivity contribution in [3.8, 4) is 11.8 Å². The summed E-state index contributed by atoms with van der Waals surface area (Å²) in [6.45, 7) is 4.80. The normalized spacial score (nSPS) is 11.9. The fourth-order valence-electron chi connectivity index (χ4n) is 0.871. The van der Waals surface area contributed by atoms with Crippen LogP contribution < -0.4 is 0 Å². The van der Waals surface area contributed by atoms with Crippen LogP contribution in [-0.4, -0.2) is 13.6 Å². The fourth-order valence-corrected chi connectivity index (χ4v) is 1.43. The highest BCUT2D eigenvalue weighted by Gasteiger charge is 2.43. The number of alkyl halides is 2. The van der Waals surface area contributed by atoms with E-state index in [-0.39, 0.29) is 0 Å². The molecule has 1 aromatic rings. The molecule has 16 heavy (non-hydrogen) atoms. The highest BCUT2D eigenvalue weighted by molar-refractivity contribution is 6.79.